The maximum absolute atomic E-state index is 5.68. The van der Waals surface area contributed by atoms with Gasteiger partial charge >= 0.3 is 0 Å². The molecule has 2 rings (SSSR count). The third-order valence-corrected chi connectivity index (χ3v) is 2.91. The van der Waals surface area contributed by atoms with Crippen molar-refractivity contribution in [1.82, 2.24) is 10.6 Å². The maximum atomic E-state index is 5.68. The van der Waals surface area contributed by atoms with Crippen molar-refractivity contribution >= 4 is 0 Å². The van der Waals surface area contributed by atoms with Crippen molar-refractivity contribution in [3.8, 4) is 5.75 Å². The summed E-state index contributed by atoms with van der Waals surface area (Å²) in [6, 6.07) is 9.11. The molecule has 0 unspecified atom stereocenters. The summed E-state index contributed by atoms with van der Waals surface area (Å²) < 4.78 is 5.68. The molecule has 0 bridgehead atoms. The lowest BCUT2D eigenvalue weighted by molar-refractivity contribution is 0.242. The van der Waals surface area contributed by atoms with Crippen molar-refractivity contribution in [1.29, 1.82) is 0 Å². The third-order valence-electron chi connectivity index (χ3n) is 2.91. The first-order valence-electron chi connectivity index (χ1n) is 6.94. The fourth-order valence-electron chi connectivity index (χ4n) is 1.89. The Morgan fingerprint density at radius 3 is 2.83 bits per heavy atom. The summed E-state index contributed by atoms with van der Waals surface area (Å²) >= 11 is 0. The molecule has 0 aliphatic heterocycles. The fraction of sp³-hybridized carbons (Fsp3) is 0.600. The normalized spacial score (nSPS) is 15.1. The highest BCUT2D eigenvalue weighted by Gasteiger charge is 2.19. The van der Waals surface area contributed by atoms with E-state index in [0.717, 1.165) is 31.4 Å². The molecule has 2 N–H and O–H groups in total. The molecule has 1 aliphatic rings. The highest BCUT2D eigenvalue weighted by Crippen LogP contribution is 2.18. The van der Waals surface area contributed by atoms with E-state index < -0.39 is 0 Å². The molecule has 0 aromatic heterocycles. The topological polar surface area (TPSA) is 33.3 Å². The van der Waals surface area contributed by atoms with Crippen LogP contribution in [0.5, 0.6) is 5.75 Å². The van der Waals surface area contributed by atoms with Gasteiger partial charge in [-0.15, -0.1) is 0 Å². The van der Waals surface area contributed by atoms with Gasteiger partial charge in [0.1, 0.15) is 5.75 Å². The summed E-state index contributed by atoms with van der Waals surface area (Å²) in [5.41, 5.74) is 1.28. The van der Waals surface area contributed by atoms with Gasteiger partial charge in [-0.05, 0) is 44.4 Å². The molecule has 1 fully saturated rings. The maximum Gasteiger partial charge on any atom is 0.120 e. The van der Waals surface area contributed by atoms with Gasteiger partial charge in [0.05, 0.1) is 6.10 Å². The molecule has 0 spiro atoms. The Bertz CT molecular complexity index is 361. The molecule has 0 radical (unpaired) electrons. The van der Waals surface area contributed by atoms with E-state index in [2.05, 4.69) is 42.7 Å². The molecule has 1 aliphatic carbocycles. The zero-order valence-electron chi connectivity index (χ0n) is 11.4. The van der Waals surface area contributed by atoms with E-state index in [9.17, 15) is 0 Å². The largest absolute Gasteiger partial charge is 0.491 e. The molecule has 3 heteroatoms. The predicted molar refractivity (Wildman–Crippen MR) is 74.9 cm³/mol. The lowest BCUT2D eigenvalue weighted by Gasteiger charge is -2.11. The monoisotopic (exact) mass is 248 g/mol. The molecule has 0 heterocycles. The summed E-state index contributed by atoms with van der Waals surface area (Å²) in [4.78, 5) is 0. The van der Waals surface area contributed by atoms with Gasteiger partial charge in [-0.25, -0.2) is 0 Å². The van der Waals surface area contributed by atoms with Gasteiger partial charge in [0.25, 0.3) is 0 Å². The quantitative estimate of drug-likeness (QED) is 0.693. The van der Waals surface area contributed by atoms with E-state index in [4.69, 9.17) is 4.74 Å². The van der Waals surface area contributed by atoms with Crippen LogP contribution in [0, 0.1) is 0 Å². The van der Waals surface area contributed by atoms with E-state index in [0.29, 0.717) is 0 Å². The van der Waals surface area contributed by atoms with Crippen molar-refractivity contribution < 1.29 is 4.74 Å². The molecule has 1 saturated carbocycles. The highest BCUT2D eigenvalue weighted by atomic mass is 16.5. The van der Waals surface area contributed by atoms with Crippen LogP contribution in [0.2, 0.25) is 0 Å². The van der Waals surface area contributed by atoms with Crippen molar-refractivity contribution in [3.05, 3.63) is 29.8 Å². The summed E-state index contributed by atoms with van der Waals surface area (Å²) in [7, 11) is 0. The Kier molecular flexibility index (Phi) is 5.02. The minimum atomic E-state index is 0.232. The molecule has 100 valence electrons. The standard InChI is InChI=1S/C15H24N2O/c1-12(2)18-15-5-3-4-13(10-15)11-16-8-9-17-14-6-7-14/h3-5,10,12,14,16-17H,6-9,11H2,1-2H3. The number of nitrogens with one attached hydrogen (secondary N) is 2. The Balaban J connectivity index is 1.67. The minimum absolute atomic E-state index is 0.232. The Labute approximate surface area is 110 Å². The Hall–Kier alpha value is -1.06. The van der Waals surface area contributed by atoms with Crippen LogP contribution in [0.4, 0.5) is 0 Å². The summed E-state index contributed by atoms with van der Waals surface area (Å²) in [5, 5.41) is 6.94. The van der Waals surface area contributed by atoms with Crippen LogP contribution in [-0.4, -0.2) is 25.2 Å². The summed E-state index contributed by atoms with van der Waals surface area (Å²) in [5.74, 6) is 0.959. The van der Waals surface area contributed by atoms with Crippen molar-refractivity contribution in [3.63, 3.8) is 0 Å². The molecule has 1 aromatic carbocycles. The Morgan fingerprint density at radius 2 is 2.11 bits per heavy atom. The molecule has 18 heavy (non-hydrogen) atoms. The smallest absolute Gasteiger partial charge is 0.120 e. The van der Waals surface area contributed by atoms with E-state index in [-0.39, 0.29) is 6.10 Å². The first kappa shape index (κ1) is 13.4. The van der Waals surface area contributed by atoms with Crippen LogP contribution in [0.1, 0.15) is 32.3 Å². The fourth-order valence-corrected chi connectivity index (χ4v) is 1.89. The first-order chi connectivity index (χ1) is 8.74. The molecular weight excluding hydrogens is 224 g/mol. The van der Waals surface area contributed by atoms with Gasteiger partial charge in [0, 0.05) is 25.7 Å². The zero-order chi connectivity index (χ0) is 12.8. The van der Waals surface area contributed by atoms with E-state index in [1.54, 1.807) is 0 Å². The number of rotatable bonds is 8. The number of ether oxygens (including phenoxy) is 1. The molecule has 0 saturated heterocycles. The SMILES string of the molecule is CC(C)Oc1cccc(CNCCNC2CC2)c1. The Morgan fingerprint density at radius 1 is 1.28 bits per heavy atom. The molecule has 0 atom stereocenters. The molecule has 1 aromatic rings. The van der Waals surface area contributed by atoms with Crippen LogP contribution in [0.15, 0.2) is 24.3 Å². The third kappa shape index (κ3) is 5.07. The van der Waals surface area contributed by atoms with E-state index in [1.807, 2.05) is 6.07 Å². The molecular formula is C15H24N2O. The summed E-state index contributed by atoms with van der Waals surface area (Å²) in [6.45, 7) is 7.09. The summed E-state index contributed by atoms with van der Waals surface area (Å²) in [6.07, 6.45) is 2.94. The van der Waals surface area contributed by atoms with Gasteiger partial charge in [0.2, 0.25) is 0 Å². The van der Waals surface area contributed by atoms with E-state index >= 15 is 0 Å². The van der Waals surface area contributed by atoms with Crippen LogP contribution < -0.4 is 15.4 Å². The van der Waals surface area contributed by atoms with E-state index in [1.165, 1.54) is 18.4 Å². The van der Waals surface area contributed by atoms with Crippen molar-refractivity contribution in [2.75, 3.05) is 13.1 Å². The average Bonchev–Trinajstić information content (AvgIpc) is 3.12. The second kappa shape index (κ2) is 6.76. The minimum Gasteiger partial charge on any atom is -0.491 e. The van der Waals surface area contributed by atoms with Crippen LogP contribution in [0.25, 0.3) is 0 Å². The number of benzene rings is 1. The average molecular weight is 248 g/mol. The van der Waals surface area contributed by atoms with Gasteiger partial charge in [-0.2, -0.15) is 0 Å². The molecule has 3 nitrogen and oxygen atoms in total. The van der Waals surface area contributed by atoms with Gasteiger partial charge < -0.3 is 15.4 Å². The van der Waals surface area contributed by atoms with Crippen LogP contribution >= 0.6 is 0 Å². The van der Waals surface area contributed by atoms with Crippen LogP contribution in [-0.2, 0) is 6.54 Å². The van der Waals surface area contributed by atoms with Crippen molar-refractivity contribution in [2.45, 2.75) is 45.4 Å². The van der Waals surface area contributed by atoms with Gasteiger partial charge in [0.15, 0.2) is 0 Å². The van der Waals surface area contributed by atoms with Gasteiger partial charge in [-0.3, -0.25) is 0 Å². The second-order valence-corrected chi connectivity index (χ2v) is 5.22. The second-order valence-electron chi connectivity index (χ2n) is 5.22. The lowest BCUT2D eigenvalue weighted by atomic mass is 10.2. The van der Waals surface area contributed by atoms with Gasteiger partial charge in [-0.1, -0.05) is 12.1 Å². The van der Waals surface area contributed by atoms with Crippen LogP contribution in [0.3, 0.4) is 0 Å². The first-order valence-corrected chi connectivity index (χ1v) is 6.94. The highest BCUT2D eigenvalue weighted by molar-refractivity contribution is 5.28. The molecule has 0 amide bonds. The zero-order valence-corrected chi connectivity index (χ0v) is 11.4. The van der Waals surface area contributed by atoms with Crippen molar-refractivity contribution in [2.24, 2.45) is 0 Å². The lowest BCUT2D eigenvalue weighted by Crippen LogP contribution is -2.28. The predicted octanol–water partition coefficient (Wildman–Crippen LogP) is 2.32. The number of hydrogen-bond acceptors (Lipinski definition) is 3. The number of hydrogen-bond donors (Lipinski definition) is 2.